The molecule has 0 spiro atoms. The van der Waals surface area contributed by atoms with E-state index >= 15 is 0 Å². The number of hydrazone groups is 1. The predicted molar refractivity (Wildman–Crippen MR) is 112 cm³/mol. The molecule has 0 atom stereocenters. The monoisotopic (exact) mass is 399 g/mol. The largest absolute Gasteiger partial charge is 0.504 e. The maximum atomic E-state index is 12.3. The first-order chi connectivity index (χ1) is 14.0. The van der Waals surface area contributed by atoms with E-state index in [0.29, 0.717) is 17.7 Å². The van der Waals surface area contributed by atoms with E-state index in [2.05, 4.69) is 22.4 Å². The topological polar surface area (TPSA) is 115 Å². The van der Waals surface area contributed by atoms with Crippen LogP contribution < -0.4 is 5.43 Å². The van der Waals surface area contributed by atoms with Crippen LogP contribution in [0.4, 0.5) is 0 Å². The van der Waals surface area contributed by atoms with Gasteiger partial charge in [-0.2, -0.15) is 5.10 Å². The van der Waals surface area contributed by atoms with Gasteiger partial charge in [0.1, 0.15) is 0 Å². The molecule has 156 valence electrons. The van der Waals surface area contributed by atoms with E-state index in [1.807, 2.05) is 0 Å². The zero-order chi connectivity index (χ0) is 21.1. The Morgan fingerprint density at radius 3 is 2.28 bits per heavy atom. The second-order valence-electron chi connectivity index (χ2n) is 6.94. The van der Waals surface area contributed by atoms with Crippen molar-refractivity contribution in [1.29, 1.82) is 0 Å². The van der Waals surface area contributed by atoms with Gasteiger partial charge in [0.25, 0.3) is 5.91 Å². The van der Waals surface area contributed by atoms with Crippen molar-refractivity contribution in [2.45, 2.75) is 58.3 Å². The molecule has 1 amide bonds. The number of rotatable bonds is 11. The van der Waals surface area contributed by atoms with Crippen molar-refractivity contribution in [3.05, 3.63) is 47.8 Å². The number of phenolic OH excluding ortho intramolecular Hbond substituents is 3. The SMILES string of the molecule is CCCCCCCCCC(=NNC(=O)c1ccncc1)c1ccc(O)c(O)c1O. The lowest BCUT2D eigenvalue weighted by Gasteiger charge is -2.11. The summed E-state index contributed by atoms with van der Waals surface area (Å²) in [6.07, 6.45) is 11.4. The smallest absolute Gasteiger partial charge is 0.271 e. The fraction of sp³-hybridized carbons (Fsp3) is 0.409. The van der Waals surface area contributed by atoms with E-state index in [9.17, 15) is 20.1 Å². The molecule has 0 unspecified atom stereocenters. The van der Waals surface area contributed by atoms with Crippen LogP contribution in [0.5, 0.6) is 17.2 Å². The summed E-state index contributed by atoms with van der Waals surface area (Å²) < 4.78 is 0. The van der Waals surface area contributed by atoms with Crippen LogP contribution in [0, 0.1) is 0 Å². The lowest BCUT2D eigenvalue weighted by molar-refractivity contribution is 0.0954. The summed E-state index contributed by atoms with van der Waals surface area (Å²) in [7, 11) is 0. The highest BCUT2D eigenvalue weighted by Gasteiger charge is 2.16. The number of carbonyl (C=O) groups excluding carboxylic acids is 1. The van der Waals surface area contributed by atoms with Crippen molar-refractivity contribution >= 4 is 11.6 Å². The number of hydrogen-bond donors (Lipinski definition) is 4. The molecule has 0 aliphatic rings. The lowest BCUT2D eigenvalue weighted by Crippen LogP contribution is -2.20. The third kappa shape index (κ3) is 6.78. The second-order valence-corrected chi connectivity index (χ2v) is 6.94. The minimum atomic E-state index is -0.602. The number of aromatic nitrogens is 1. The highest BCUT2D eigenvalue weighted by Crippen LogP contribution is 2.37. The van der Waals surface area contributed by atoms with Gasteiger partial charge in [0.15, 0.2) is 11.5 Å². The number of pyridine rings is 1. The van der Waals surface area contributed by atoms with E-state index in [-0.39, 0.29) is 5.56 Å². The van der Waals surface area contributed by atoms with Crippen molar-refractivity contribution in [1.82, 2.24) is 10.4 Å². The summed E-state index contributed by atoms with van der Waals surface area (Å²) >= 11 is 0. The van der Waals surface area contributed by atoms with Crippen LogP contribution in [0.1, 0.15) is 74.2 Å². The van der Waals surface area contributed by atoms with Crippen molar-refractivity contribution in [2.24, 2.45) is 5.10 Å². The molecule has 0 aliphatic carbocycles. The molecular weight excluding hydrogens is 370 g/mol. The minimum Gasteiger partial charge on any atom is -0.504 e. The predicted octanol–water partition coefficient (Wildman–Crippen LogP) is 4.47. The van der Waals surface area contributed by atoms with Crippen LogP contribution in [0.25, 0.3) is 0 Å². The summed E-state index contributed by atoms with van der Waals surface area (Å²) in [5.74, 6) is -1.87. The molecule has 7 heteroatoms. The highest BCUT2D eigenvalue weighted by atomic mass is 16.3. The maximum absolute atomic E-state index is 12.3. The zero-order valence-electron chi connectivity index (χ0n) is 16.8. The van der Waals surface area contributed by atoms with Gasteiger partial charge in [0, 0.05) is 23.5 Å². The third-order valence-electron chi connectivity index (χ3n) is 4.69. The van der Waals surface area contributed by atoms with Crippen LogP contribution in [-0.4, -0.2) is 31.9 Å². The van der Waals surface area contributed by atoms with Gasteiger partial charge in [-0.05, 0) is 37.1 Å². The van der Waals surface area contributed by atoms with Crippen LogP contribution in [-0.2, 0) is 0 Å². The van der Waals surface area contributed by atoms with Gasteiger partial charge in [-0.25, -0.2) is 5.43 Å². The standard InChI is InChI=1S/C22H29N3O4/c1-2-3-4-5-6-7-8-9-18(17-10-11-19(26)21(28)20(17)27)24-25-22(29)16-12-14-23-15-13-16/h10-15,26-28H,2-9H2,1H3,(H,25,29). The fourth-order valence-corrected chi connectivity index (χ4v) is 2.99. The lowest BCUT2D eigenvalue weighted by atomic mass is 10.0. The Balaban J connectivity index is 2.09. The molecule has 0 bridgehead atoms. The average molecular weight is 399 g/mol. The van der Waals surface area contributed by atoms with E-state index in [1.165, 1.54) is 50.2 Å². The van der Waals surface area contributed by atoms with Gasteiger partial charge < -0.3 is 15.3 Å². The normalized spacial score (nSPS) is 11.4. The number of carbonyl (C=O) groups is 1. The first-order valence-corrected chi connectivity index (χ1v) is 10.1. The maximum Gasteiger partial charge on any atom is 0.271 e. The zero-order valence-corrected chi connectivity index (χ0v) is 16.8. The molecule has 29 heavy (non-hydrogen) atoms. The number of phenols is 3. The van der Waals surface area contributed by atoms with E-state index < -0.39 is 23.2 Å². The van der Waals surface area contributed by atoms with Crippen LogP contribution in [0.15, 0.2) is 41.8 Å². The number of benzene rings is 1. The molecule has 0 saturated carbocycles. The van der Waals surface area contributed by atoms with Gasteiger partial charge >= 0.3 is 0 Å². The summed E-state index contributed by atoms with van der Waals surface area (Å²) in [6.45, 7) is 2.18. The summed E-state index contributed by atoms with van der Waals surface area (Å²) in [5, 5.41) is 33.8. The molecule has 2 aromatic rings. The molecule has 7 nitrogen and oxygen atoms in total. The fourth-order valence-electron chi connectivity index (χ4n) is 2.99. The number of amides is 1. The molecule has 0 radical (unpaired) electrons. The summed E-state index contributed by atoms with van der Waals surface area (Å²) in [5.41, 5.74) is 3.63. The second kappa shape index (κ2) is 11.7. The Labute approximate surface area is 171 Å². The van der Waals surface area contributed by atoms with E-state index in [0.717, 1.165) is 19.3 Å². The molecule has 2 rings (SSSR count). The van der Waals surface area contributed by atoms with Crippen LogP contribution in [0.2, 0.25) is 0 Å². The van der Waals surface area contributed by atoms with Crippen molar-refractivity contribution in [3.8, 4) is 17.2 Å². The number of nitrogens with zero attached hydrogens (tertiary/aromatic N) is 2. The number of aromatic hydroxyl groups is 3. The van der Waals surface area contributed by atoms with Gasteiger partial charge in [-0.15, -0.1) is 0 Å². The van der Waals surface area contributed by atoms with Gasteiger partial charge in [0.2, 0.25) is 5.75 Å². The molecule has 4 N–H and O–H groups in total. The van der Waals surface area contributed by atoms with Gasteiger partial charge in [-0.3, -0.25) is 9.78 Å². The molecule has 1 aromatic carbocycles. The molecule has 1 heterocycles. The Hall–Kier alpha value is -3.09. The Bertz CT molecular complexity index is 822. The number of unbranched alkanes of at least 4 members (excludes halogenated alkanes) is 6. The number of nitrogens with one attached hydrogen (secondary N) is 1. The van der Waals surface area contributed by atoms with E-state index in [1.54, 1.807) is 12.1 Å². The van der Waals surface area contributed by atoms with Gasteiger partial charge in [0.05, 0.1) is 5.71 Å². The quantitative estimate of drug-likeness (QED) is 0.193. The first-order valence-electron chi connectivity index (χ1n) is 10.1. The summed E-state index contributed by atoms with van der Waals surface area (Å²) in [4.78, 5) is 16.1. The Morgan fingerprint density at radius 2 is 1.59 bits per heavy atom. The van der Waals surface area contributed by atoms with Crippen molar-refractivity contribution < 1.29 is 20.1 Å². The Kier molecular flexibility index (Phi) is 8.95. The molecule has 0 saturated heterocycles. The minimum absolute atomic E-state index is 0.279. The molecular formula is C22H29N3O4. The van der Waals surface area contributed by atoms with Crippen LogP contribution >= 0.6 is 0 Å². The summed E-state index contributed by atoms with van der Waals surface area (Å²) in [6, 6.07) is 5.91. The van der Waals surface area contributed by atoms with E-state index in [4.69, 9.17) is 0 Å². The third-order valence-corrected chi connectivity index (χ3v) is 4.69. The highest BCUT2D eigenvalue weighted by molar-refractivity contribution is 6.04. The molecule has 0 fully saturated rings. The number of hydrogen-bond acceptors (Lipinski definition) is 6. The molecule has 1 aromatic heterocycles. The molecule has 0 aliphatic heterocycles. The van der Waals surface area contributed by atoms with Crippen molar-refractivity contribution in [3.63, 3.8) is 0 Å². The average Bonchev–Trinajstić information content (AvgIpc) is 2.74. The Morgan fingerprint density at radius 1 is 0.931 bits per heavy atom. The van der Waals surface area contributed by atoms with Crippen LogP contribution in [0.3, 0.4) is 0 Å². The van der Waals surface area contributed by atoms with Crippen molar-refractivity contribution in [2.75, 3.05) is 0 Å². The van der Waals surface area contributed by atoms with Gasteiger partial charge in [-0.1, -0.05) is 45.4 Å². The first kappa shape index (κ1) is 22.2.